The molecular weight excluding hydrogens is 589 g/mol. The highest BCUT2D eigenvalue weighted by atomic mass is 35.5. The number of hydrogen-bond donors (Lipinski definition) is 1. The van der Waals surface area contributed by atoms with Gasteiger partial charge in [0.25, 0.3) is 0 Å². The van der Waals surface area contributed by atoms with Gasteiger partial charge in [-0.3, -0.25) is 23.7 Å². The smallest absolute Gasteiger partial charge is 0.308 e. The molecule has 0 spiro atoms. The summed E-state index contributed by atoms with van der Waals surface area (Å²) in [5, 5.41) is 2.85. The molecule has 1 fully saturated rings. The van der Waals surface area contributed by atoms with E-state index in [2.05, 4.69) is 5.32 Å². The molecule has 0 unspecified atom stereocenters. The molecule has 6 rings (SSSR count). The number of hydrogen-bond acceptors (Lipinski definition) is 7. The second-order valence-electron chi connectivity index (χ2n) is 9.48. The van der Waals surface area contributed by atoms with Crippen LogP contribution < -0.4 is 19.8 Å². The number of rotatable bonds is 6. The van der Waals surface area contributed by atoms with Gasteiger partial charge in [0.15, 0.2) is 0 Å². The zero-order chi connectivity index (χ0) is 28.8. The van der Waals surface area contributed by atoms with Crippen LogP contribution in [0.4, 0.5) is 15.8 Å². The molecular formula is C29H21ClFN3O5S2. The number of methoxy groups -OCH3 is 1. The van der Waals surface area contributed by atoms with E-state index >= 15 is 0 Å². The number of aromatic nitrogens is 1. The summed E-state index contributed by atoms with van der Waals surface area (Å²) in [6, 6.07) is 18.9. The zero-order valence-corrected chi connectivity index (χ0v) is 23.8. The molecule has 12 heteroatoms. The zero-order valence-electron chi connectivity index (χ0n) is 21.4. The molecule has 1 saturated heterocycles. The number of benzene rings is 3. The van der Waals surface area contributed by atoms with Crippen LogP contribution in [0.25, 0.3) is 0 Å². The van der Waals surface area contributed by atoms with Crippen LogP contribution >= 0.6 is 34.7 Å². The first-order chi connectivity index (χ1) is 19.7. The predicted octanol–water partition coefficient (Wildman–Crippen LogP) is 5.15. The Morgan fingerprint density at radius 3 is 2.32 bits per heavy atom. The summed E-state index contributed by atoms with van der Waals surface area (Å²) in [5.74, 6) is -2.67. The largest absolute Gasteiger partial charge is 0.497 e. The van der Waals surface area contributed by atoms with Crippen molar-refractivity contribution in [2.75, 3.05) is 17.3 Å². The van der Waals surface area contributed by atoms with Crippen molar-refractivity contribution in [3.63, 3.8) is 0 Å². The van der Waals surface area contributed by atoms with Crippen molar-refractivity contribution in [3.05, 3.63) is 104 Å². The lowest BCUT2D eigenvalue weighted by Gasteiger charge is -2.30. The highest BCUT2D eigenvalue weighted by molar-refractivity contribution is 8.00. The van der Waals surface area contributed by atoms with E-state index in [-0.39, 0.29) is 6.54 Å². The Labute approximate surface area is 246 Å². The Hall–Kier alpha value is -3.93. The van der Waals surface area contributed by atoms with Gasteiger partial charge in [0.2, 0.25) is 17.7 Å². The van der Waals surface area contributed by atoms with Crippen molar-refractivity contribution in [2.45, 2.75) is 22.7 Å². The number of halogens is 2. The van der Waals surface area contributed by atoms with Gasteiger partial charge in [-0.25, -0.2) is 9.29 Å². The van der Waals surface area contributed by atoms with Crippen LogP contribution in [0.2, 0.25) is 5.02 Å². The van der Waals surface area contributed by atoms with Crippen LogP contribution in [0, 0.1) is 11.7 Å². The molecule has 0 radical (unpaired) electrons. The highest BCUT2D eigenvalue weighted by Crippen LogP contribution is 2.53. The van der Waals surface area contributed by atoms with Crippen LogP contribution in [0.1, 0.15) is 16.4 Å². The van der Waals surface area contributed by atoms with Crippen molar-refractivity contribution < 1.29 is 23.5 Å². The number of nitrogens with one attached hydrogen (secondary N) is 1. The molecule has 3 heterocycles. The summed E-state index contributed by atoms with van der Waals surface area (Å²) in [6.45, 7) is -0.294. The van der Waals surface area contributed by atoms with Crippen molar-refractivity contribution in [1.82, 2.24) is 4.57 Å². The number of carbonyl (C=O) groups is 3. The van der Waals surface area contributed by atoms with Gasteiger partial charge in [-0.15, -0.1) is 0 Å². The first-order valence-electron chi connectivity index (χ1n) is 12.5. The fourth-order valence-corrected chi connectivity index (χ4v) is 8.05. The van der Waals surface area contributed by atoms with Crippen molar-refractivity contribution in [2.24, 2.45) is 5.92 Å². The number of thioether (sulfide) groups is 1. The Morgan fingerprint density at radius 1 is 0.976 bits per heavy atom. The van der Waals surface area contributed by atoms with Gasteiger partial charge in [0.1, 0.15) is 23.4 Å². The van der Waals surface area contributed by atoms with Crippen LogP contribution in [-0.2, 0) is 20.9 Å². The summed E-state index contributed by atoms with van der Waals surface area (Å²) in [7, 11) is 1.52. The predicted molar refractivity (Wildman–Crippen MR) is 156 cm³/mol. The molecule has 4 aromatic rings. The Bertz CT molecular complexity index is 1720. The maximum absolute atomic E-state index is 13.9. The molecule has 2 aliphatic rings. The maximum atomic E-state index is 13.9. The van der Waals surface area contributed by atoms with E-state index in [9.17, 15) is 23.6 Å². The molecule has 208 valence electrons. The Balaban J connectivity index is 1.39. The molecule has 1 aromatic heterocycles. The van der Waals surface area contributed by atoms with Gasteiger partial charge in [-0.1, -0.05) is 46.8 Å². The number of ether oxygens (including phenoxy) is 1. The minimum Gasteiger partial charge on any atom is -0.497 e. The molecule has 0 saturated carbocycles. The molecule has 3 atom stereocenters. The average molecular weight is 610 g/mol. The van der Waals surface area contributed by atoms with Gasteiger partial charge >= 0.3 is 4.87 Å². The molecule has 0 aliphatic carbocycles. The molecule has 3 amide bonds. The minimum absolute atomic E-state index is 0.294. The second-order valence-corrected chi connectivity index (χ2v) is 12.0. The lowest BCUT2D eigenvalue weighted by Crippen LogP contribution is -2.33. The monoisotopic (exact) mass is 609 g/mol. The van der Waals surface area contributed by atoms with Gasteiger partial charge in [0.05, 0.1) is 23.7 Å². The van der Waals surface area contributed by atoms with E-state index in [0.717, 1.165) is 28.0 Å². The Morgan fingerprint density at radius 2 is 1.66 bits per heavy atom. The third-order valence-electron chi connectivity index (χ3n) is 7.04. The second kappa shape index (κ2) is 10.8. The van der Waals surface area contributed by atoms with E-state index in [1.807, 2.05) is 0 Å². The van der Waals surface area contributed by atoms with Crippen LogP contribution in [0.5, 0.6) is 5.75 Å². The van der Waals surface area contributed by atoms with Gasteiger partial charge < -0.3 is 10.1 Å². The topological polar surface area (TPSA) is 97.7 Å². The molecule has 3 aromatic carbocycles. The van der Waals surface area contributed by atoms with Gasteiger partial charge in [0, 0.05) is 21.5 Å². The highest BCUT2D eigenvalue weighted by Gasteiger charge is 2.56. The minimum atomic E-state index is -0.855. The number of anilines is 2. The maximum Gasteiger partial charge on any atom is 0.308 e. The standard InChI is InChI=1S/C29H21ClFN3O5S2/c1-39-20-12-10-19(11-13-20)34-26(36)23-22(15-2-6-17(31)7-3-15)25-28(40-24(23)27(34)37)33(29(38)41-25)14-21(35)32-18-8-4-16(30)5-9-18/h2-13,22-24H,14H2,1H3,(H,32,35)/t22-,23-,24+/m0/s1. The fourth-order valence-electron chi connectivity index (χ4n) is 5.15. The van der Waals surface area contributed by atoms with Crippen molar-refractivity contribution in [3.8, 4) is 5.75 Å². The molecule has 0 bridgehead atoms. The number of amides is 3. The van der Waals surface area contributed by atoms with E-state index < -0.39 is 45.5 Å². The summed E-state index contributed by atoms with van der Waals surface area (Å²) in [6.07, 6.45) is 0. The molecule has 41 heavy (non-hydrogen) atoms. The molecule has 2 aliphatic heterocycles. The van der Waals surface area contributed by atoms with E-state index in [4.69, 9.17) is 16.3 Å². The quantitative estimate of drug-likeness (QED) is 0.304. The third kappa shape index (κ3) is 4.94. The van der Waals surface area contributed by atoms with Crippen LogP contribution in [0.3, 0.4) is 0 Å². The lowest BCUT2D eigenvalue weighted by molar-refractivity contribution is -0.122. The number of fused-ring (bicyclic) bond motifs is 2. The van der Waals surface area contributed by atoms with Crippen LogP contribution in [0.15, 0.2) is 82.6 Å². The van der Waals surface area contributed by atoms with E-state index in [1.54, 1.807) is 60.7 Å². The SMILES string of the molecule is COc1ccc(N2C(=O)[C@H]3[C@H](c4ccc(F)cc4)c4sc(=O)n(CC(=O)Nc5ccc(Cl)cc5)c4S[C@H]3C2=O)cc1. The van der Waals surface area contributed by atoms with E-state index in [0.29, 0.717) is 37.6 Å². The molecule has 1 N–H and O–H groups in total. The number of imide groups is 1. The summed E-state index contributed by atoms with van der Waals surface area (Å²) in [5.41, 5.74) is 1.51. The summed E-state index contributed by atoms with van der Waals surface area (Å²) in [4.78, 5) is 55.1. The average Bonchev–Trinajstić information content (AvgIpc) is 3.41. The van der Waals surface area contributed by atoms with Gasteiger partial charge in [-0.05, 0) is 66.2 Å². The fraction of sp³-hybridized carbons (Fsp3) is 0.172. The number of carbonyl (C=O) groups excluding carboxylic acids is 3. The van der Waals surface area contributed by atoms with Gasteiger partial charge in [-0.2, -0.15) is 0 Å². The Kier molecular flexibility index (Phi) is 7.18. The first-order valence-corrected chi connectivity index (χ1v) is 14.6. The van der Waals surface area contributed by atoms with E-state index in [1.165, 1.54) is 23.8 Å². The van der Waals surface area contributed by atoms with Crippen LogP contribution in [-0.4, -0.2) is 34.6 Å². The lowest BCUT2D eigenvalue weighted by atomic mass is 9.83. The normalized spacial score (nSPS) is 19.6. The van der Waals surface area contributed by atoms with Crippen molar-refractivity contribution in [1.29, 1.82) is 0 Å². The summed E-state index contributed by atoms with van der Waals surface area (Å²) < 4.78 is 20.4. The number of thiazole rings is 1. The third-order valence-corrected chi connectivity index (χ3v) is 9.89. The number of nitrogens with zero attached hydrogens (tertiary/aromatic N) is 2. The molecule has 8 nitrogen and oxygen atoms in total. The summed E-state index contributed by atoms with van der Waals surface area (Å²) >= 11 is 7.96. The first kappa shape index (κ1) is 27.3. The van der Waals surface area contributed by atoms with Crippen molar-refractivity contribution >= 4 is 63.8 Å².